The highest BCUT2D eigenvalue weighted by atomic mass is 16.8. The van der Waals surface area contributed by atoms with Crippen LogP contribution in [0.3, 0.4) is 0 Å². The van der Waals surface area contributed by atoms with E-state index in [9.17, 15) is 19.8 Å². The predicted molar refractivity (Wildman–Crippen MR) is 112 cm³/mol. The van der Waals surface area contributed by atoms with Crippen molar-refractivity contribution >= 4 is 22.3 Å². The van der Waals surface area contributed by atoms with Crippen LogP contribution in [0.4, 0.5) is 0 Å². The van der Waals surface area contributed by atoms with Gasteiger partial charge in [0, 0.05) is 28.3 Å². The summed E-state index contributed by atoms with van der Waals surface area (Å²) in [5.41, 5.74) is -1.07. The van der Waals surface area contributed by atoms with E-state index in [0.29, 0.717) is 16.5 Å². The maximum absolute atomic E-state index is 13.5. The summed E-state index contributed by atoms with van der Waals surface area (Å²) in [4.78, 5) is 26.9. The molecule has 0 bridgehead atoms. The van der Waals surface area contributed by atoms with Crippen LogP contribution in [0.2, 0.25) is 0 Å². The number of allylic oxidation sites excluding steroid dienone is 1. The number of Topliss-reactive ketones (excluding diaryl/α,β-unsaturated/α-hetero) is 2. The lowest BCUT2D eigenvalue weighted by atomic mass is 9.73. The second-order valence-corrected chi connectivity index (χ2v) is 8.64. The first-order valence-electron chi connectivity index (χ1n) is 10.0. The number of carbonyl (C=O) groups excluding carboxylic acids is 2. The van der Waals surface area contributed by atoms with E-state index in [-0.39, 0.29) is 40.2 Å². The second-order valence-electron chi connectivity index (χ2n) is 8.64. The molecule has 2 N–H and O–H groups in total. The number of aliphatic hydroxyl groups is 1. The Morgan fingerprint density at radius 2 is 1.87 bits per heavy atom. The fourth-order valence-electron chi connectivity index (χ4n) is 4.99. The standard InChI is InChI=1S/C24H22O7/c1-11-24(31-23(2,3)30-11)9-15-18(16(25)10-24)21(27)14-8-13-12(6-5-7-17(13)29-4)20(26)19(14)22(15)28/h5-8,10-11,25-26H,9H2,1-4H3/t11-,24-/m0/s1. The van der Waals surface area contributed by atoms with Crippen molar-refractivity contribution in [3.05, 3.63) is 58.4 Å². The van der Waals surface area contributed by atoms with E-state index < -0.39 is 29.1 Å². The van der Waals surface area contributed by atoms with E-state index >= 15 is 0 Å². The highest BCUT2D eigenvalue weighted by molar-refractivity contribution is 6.31. The number of rotatable bonds is 1. The number of hydrogen-bond donors (Lipinski definition) is 2. The summed E-state index contributed by atoms with van der Waals surface area (Å²) in [6, 6.07) is 6.60. The smallest absolute Gasteiger partial charge is 0.198 e. The summed E-state index contributed by atoms with van der Waals surface area (Å²) in [6.07, 6.45) is 1.05. The Morgan fingerprint density at radius 1 is 1.13 bits per heavy atom. The Balaban J connectivity index is 1.71. The molecule has 3 aliphatic rings. The van der Waals surface area contributed by atoms with Gasteiger partial charge >= 0.3 is 0 Å². The second kappa shape index (κ2) is 6.18. The van der Waals surface area contributed by atoms with Crippen molar-refractivity contribution < 1.29 is 34.0 Å². The lowest BCUT2D eigenvalue weighted by Crippen LogP contribution is -2.42. The highest BCUT2D eigenvalue weighted by Crippen LogP contribution is 2.49. The number of carbonyl (C=O) groups is 2. The van der Waals surface area contributed by atoms with Crippen LogP contribution in [0.15, 0.2) is 47.2 Å². The Hall–Kier alpha value is -3.16. The van der Waals surface area contributed by atoms with E-state index in [0.717, 1.165) is 0 Å². The third kappa shape index (κ3) is 2.60. The molecule has 7 heteroatoms. The van der Waals surface area contributed by atoms with Crippen LogP contribution in [0.1, 0.15) is 47.9 Å². The predicted octanol–water partition coefficient (Wildman–Crippen LogP) is 3.99. The monoisotopic (exact) mass is 422 g/mol. The van der Waals surface area contributed by atoms with Gasteiger partial charge in [-0.15, -0.1) is 0 Å². The van der Waals surface area contributed by atoms with E-state index in [2.05, 4.69) is 0 Å². The lowest BCUT2D eigenvalue weighted by Gasteiger charge is -2.35. The van der Waals surface area contributed by atoms with Gasteiger partial charge in [0.2, 0.25) is 0 Å². The number of phenols is 1. The van der Waals surface area contributed by atoms with Crippen molar-refractivity contribution in [1.29, 1.82) is 0 Å². The quantitative estimate of drug-likeness (QED) is 0.716. The van der Waals surface area contributed by atoms with Crippen molar-refractivity contribution in [2.24, 2.45) is 0 Å². The molecule has 2 aromatic carbocycles. The number of phenolic OH excluding ortho intramolecular Hbond substituents is 1. The molecule has 5 rings (SSSR count). The molecule has 31 heavy (non-hydrogen) atoms. The Labute approximate surface area is 178 Å². The fourth-order valence-corrected chi connectivity index (χ4v) is 4.99. The van der Waals surface area contributed by atoms with Gasteiger partial charge in [0.1, 0.15) is 22.9 Å². The number of benzene rings is 2. The molecule has 2 atom stereocenters. The van der Waals surface area contributed by atoms with E-state index in [1.165, 1.54) is 19.3 Å². The molecule has 1 aliphatic heterocycles. The molecule has 7 nitrogen and oxygen atoms in total. The van der Waals surface area contributed by atoms with Crippen molar-refractivity contribution in [3.63, 3.8) is 0 Å². The lowest BCUT2D eigenvalue weighted by molar-refractivity contribution is -0.155. The van der Waals surface area contributed by atoms with Gasteiger partial charge in [-0.1, -0.05) is 12.1 Å². The third-order valence-electron chi connectivity index (χ3n) is 6.29. The molecule has 0 radical (unpaired) electrons. The van der Waals surface area contributed by atoms with Crippen molar-refractivity contribution in [2.45, 2.75) is 44.7 Å². The van der Waals surface area contributed by atoms with Crippen molar-refractivity contribution in [3.8, 4) is 11.5 Å². The summed E-state index contributed by atoms with van der Waals surface area (Å²) in [5, 5.41) is 22.7. The Kier molecular flexibility index (Phi) is 3.95. The molecule has 0 aromatic heterocycles. The molecule has 2 aliphatic carbocycles. The summed E-state index contributed by atoms with van der Waals surface area (Å²) in [5.74, 6) is -2.09. The van der Waals surface area contributed by atoms with Crippen LogP contribution >= 0.6 is 0 Å². The number of aromatic hydroxyl groups is 1. The van der Waals surface area contributed by atoms with E-state index in [1.807, 2.05) is 0 Å². The normalized spacial score (nSPS) is 26.8. The molecule has 0 saturated carbocycles. The highest BCUT2D eigenvalue weighted by Gasteiger charge is 2.54. The third-order valence-corrected chi connectivity index (χ3v) is 6.29. The number of fused-ring (bicyclic) bond motifs is 2. The molecule has 0 amide bonds. The van der Waals surface area contributed by atoms with E-state index in [1.54, 1.807) is 39.0 Å². The van der Waals surface area contributed by atoms with Gasteiger partial charge in [-0.2, -0.15) is 0 Å². The summed E-state index contributed by atoms with van der Waals surface area (Å²) in [7, 11) is 1.49. The minimum Gasteiger partial charge on any atom is -0.507 e. The maximum atomic E-state index is 13.5. The van der Waals surface area contributed by atoms with Crippen LogP contribution in [-0.4, -0.2) is 46.4 Å². The number of methoxy groups -OCH3 is 1. The average Bonchev–Trinajstić information content (AvgIpc) is 2.92. The minimum absolute atomic E-state index is 0.0334. The van der Waals surface area contributed by atoms with Crippen LogP contribution in [0, 0.1) is 0 Å². The maximum Gasteiger partial charge on any atom is 0.198 e. The minimum atomic E-state index is -1.09. The number of ether oxygens (including phenoxy) is 3. The Morgan fingerprint density at radius 3 is 2.52 bits per heavy atom. The van der Waals surface area contributed by atoms with Gasteiger partial charge in [-0.05, 0) is 39.0 Å². The zero-order chi connectivity index (χ0) is 22.3. The van der Waals surface area contributed by atoms with Crippen molar-refractivity contribution in [1.82, 2.24) is 0 Å². The van der Waals surface area contributed by atoms with Crippen LogP contribution in [0.5, 0.6) is 11.5 Å². The SMILES string of the molecule is COc1cccc2c(O)c3c(cc12)C(=O)C1=C(C[C@@]2(C=C1O)OC(C)(C)O[C@H]2C)C3=O. The summed E-state index contributed by atoms with van der Waals surface area (Å²) < 4.78 is 17.3. The molecule has 0 unspecified atom stereocenters. The zero-order valence-corrected chi connectivity index (χ0v) is 17.6. The van der Waals surface area contributed by atoms with Crippen LogP contribution in [-0.2, 0) is 9.47 Å². The molecular weight excluding hydrogens is 400 g/mol. The first-order valence-corrected chi connectivity index (χ1v) is 10.0. The average molecular weight is 422 g/mol. The zero-order valence-electron chi connectivity index (χ0n) is 17.6. The van der Waals surface area contributed by atoms with Gasteiger partial charge in [0.25, 0.3) is 0 Å². The Bertz CT molecular complexity index is 1250. The first-order chi connectivity index (χ1) is 14.6. The topological polar surface area (TPSA) is 102 Å². The number of hydrogen-bond acceptors (Lipinski definition) is 7. The largest absolute Gasteiger partial charge is 0.507 e. The van der Waals surface area contributed by atoms with Crippen LogP contribution < -0.4 is 4.74 Å². The van der Waals surface area contributed by atoms with Crippen molar-refractivity contribution in [2.75, 3.05) is 7.11 Å². The molecule has 2 aromatic rings. The summed E-state index contributed by atoms with van der Waals surface area (Å²) in [6.45, 7) is 5.30. The van der Waals surface area contributed by atoms with Gasteiger partial charge < -0.3 is 24.4 Å². The van der Waals surface area contributed by atoms with Gasteiger partial charge in [-0.3, -0.25) is 9.59 Å². The van der Waals surface area contributed by atoms with E-state index in [4.69, 9.17) is 14.2 Å². The number of aliphatic hydroxyl groups excluding tert-OH is 1. The van der Waals surface area contributed by atoms with Crippen LogP contribution in [0.25, 0.3) is 10.8 Å². The van der Waals surface area contributed by atoms with Gasteiger partial charge in [-0.25, -0.2) is 0 Å². The number of ketones is 2. The first kappa shape index (κ1) is 19.8. The molecule has 1 spiro atoms. The molecular formula is C24H22O7. The van der Waals surface area contributed by atoms with Gasteiger partial charge in [0.05, 0.1) is 24.4 Å². The molecule has 1 heterocycles. The summed E-state index contributed by atoms with van der Waals surface area (Å²) >= 11 is 0. The molecule has 160 valence electrons. The molecule has 1 fully saturated rings. The van der Waals surface area contributed by atoms with Gasteiger partial charge in [0.15, 0.2) is 17.4 Å². The molecule has 1 saturated heterocycles. The fraction of sp³-hybridized carbons (Fsp3) is 0.333.